The van der Waals surface area contributed by atoms with Crippen LogP contribution >= 0.6 is 40.9 Å². The summed E-state index contributed by atoms with van der Waals surface area (Å²) in [6, 6.07) is 8.12. The summed E-state index contributed by atoms with van der Waals surface area (Å²) >= 11 is 6.66. The molecule has 0 aliphatic carbocycles. The first-order valence-corrected chi connectivity index (χ1v) is 5.82. The van der Waals surface area contributed by atoms with E-state index < -0.39 is 0 Å². The van der Waals surface area contributed by atoms with E-state index in [0.717, 1.165) is 4.47 Å². The quantitative estimate of drug-likeness (QED) is 0.704. The van der Waals surface area contributed by atoms with Crippen molar-refractivity contribution in [3.8, 4) is 0 Å². The molecule has 0 N–H and O–H groups in total. The number of halogens is 2. The van der Waals surface area contributed by atoms with Crippen LogP contribution in [0.4, 0.5) is 0 Å². The van der Waals surface area contributed by atoms with E-state index in [1.165, 1.54) is 4.90 Å². The van der Waals surface area contributed by atoms with Gasteiger partial charge in [-0.3, -0.25) is 0 Å². The number of benzene rings is 1. The molecule has 0 atom stereocenters. The second-order valence-corrected chi connectivity index (χ2v) is 4.05. The Kier molecular flexibility index (Phi) is 6.42. The van der Waals surface area contributed by atoms with Crippen molar-refractivity contribution >= 4 is 40.9 Å². The van der Waals surface area contributed by atoms with Gasteiger partial charge in [0, 0.05) is 28.8 Å². The van der Waals surface area contributed by atoms with E-state index >= 15 is 0 Å². The zero-order valence-electron chi connectivity index (χ0n) is 5.18. The van der Waals surface area contributed by atoms with Gasteiger partial charge in [0.1, 0.15) is 0 Å². The summed E-state index contributed by atoms with van der Waals surface area (Å²) in [5.74, 6) is 0. The predicted molar refractivity (Wildman–Crippen MR) is 48.9 cm³/mol. The van der Waals surface area contributed by atoms with Crippen molar-refractivity contribution in [1.29, 1.82) is 0 Å². The van der Waals surface area contributed by atoms with Gasteiger partial charge in [-0.05, 0) is 43.2 Å². The van der Waals surface area contributed by atoms with Crippen LogP contribution in [0.1, 0.15) is 0 Å². The Balaban J connectivity index is 0.000000810. The maximum atomic E-state index is 3.37. The van der Waals surface area contributed by atoms with Crippen molar-refractivity contribution in [3.63, 3.8) is 0 Å². The van der Waals surface area contributed by atoms with Crippen LogP contribution in [0.3, 0.4) is 0 Å². The number of hydrogen-bond donors (Lipinski definition) is 0. The fourth-order valence-electron chi connectivity index (χ4n) is 0.515. The molecule has 0 saturated carbocycles. The van der Waals surface area contributed by atoms with E-state index in [4.69, 9.17) is 0 Å². The van der Waals surface area contributed by atoms with E-state index in [1.807, 2.05) is 18.2 Å². The van der Waals surface area contributed by atoms with Crippen LogP contribution in [-0.2, 0) is 19.5 Å². The van der Waals surface area contributed by atoms with Gasteiger partial charge in [0.05, 0.1) is 0 Å². The third-order valence-corrected chi connectivity index (χ3v) is 2.93. The zero-order valence-corrected chi connectivity index (χ0v) is 12.1. The standard InChI is InChI=1S/C6H4Br2S.Zn/c7-5-2-1-3-6(4-5)9-8;/h1-4H;. The summed E-state index contributed by atoms with van der Waals surface area (Å²) in [5.41, 5.74) is 0. The SMILES string of the molecule is BrSc1cccc(Br)c1.[Zn]. The van der Waals surface area contributed by atoms with E-state index in [1.54, 1.807) is 10.2 Å². The summed E-state index contributed by atoms with van der Waals surface area (Å²) in [4.78, 5) is 1.21. The maximum Gasteiger partial charge on any atom is 0.0199 e. The molecule has 0 heterocycles. The third-order valence-electron chi connectivity index (χ3n) is 0.885. The molecule has 0 aromatic heterocycles. The normalized spacial score (nSPS) is 8.60. The van der Waals surface area contributed by atoms with E-state index in [2.05, 4.69) is 36.8 Å². The summed E-state index contributed by atoms with van der Waals surface area (Å²) in [6.07, 6.45) is 0. The first kappa shape index (κ1) is 11.2. The predicted octanol–water partition coefficient (Wildman–Crippen LogP) is 3.85. The van der Waals surface area contributed by atoms with E-state index in [9.17, 15) is 0 Å². The van der Waals surface area contributed by atoms with Crippen LogP contribution in [0, 0.1) is 0 Å². The average Bonchev–Trinajstić information content (AvgIpc) is 1.88. The fourth-order valence-corrected chi connectivity index (χ4v) is 1.97. The minimum absolute atomic E-state index is 0. The summed E-state index contributed by atoms with van der Waals surface area (Å²) in [5, 5.41) is 0. The topological polar surface area (TPSA) is 0 Å². The minimum Gasteiger partial charge on any atom is -0.0600 e. The largest absolute Gasteiger partial charge is 0.0600 e. The van der Waals surface area contributed by atoms with Gasteiger partial charge in [-0.2, -0.15) is 0 Å². The summed E-state index contributed by atoms with van der Waals surface area (Å²) in [7, 11) is 1.57. The van der Waals surface area contributed by atoms with Crippen molar-refractivity contribution in [2.24, 2.45) is 0 Å². The van der Waals surface area contributed by atoms with Crippen LogP contribution in [0.5, 0.6) is 0 Å². The molecule has 0 aliphatic heterocycles. The van der Waals surface area contributed by atoms with Crippen LogP contribution in [0.15, 0.2) is 33.6 Å². The second-order valence-electron chi connectivity index (χ2n) is 1.53. The van der Waals surface area contributed by atoms with Gasteiger partial charge in [-0.1, -0.05) is 22.0 Å². The Morgan fingerprint density at radius 3 is 2.40 bits per heavy atom. The summed E-state index contributed by atoms with van der Waals surface area (Å²) < 4.78 is 1.12. The Labute approximate surface area is 93.2 Å². The molecule has 0 fully saturated rings. The van der Waals surface area contributed by atoms with Crippen LogP contribution in [0.25, 0.3) is 0 Å². The molecule has 0 saturated heterocycles. The number of hydrogen-bond acceptors (Lipinski definition) is 1. The maximum absolute atomic E-state index is 3.37. The molecule has 0 amide bonds. The van der Waals surface area contributed by atoms with Crippen LogP contribution < -0.4 is 0 Å². The van der Waals surface area contributed by atoms with Crippen molar-refractivity contribution < 1.29 is 19.5 Å². The molecule has 0 spiro atoms. The molecule has 0 aliphatic rings. The molecular weight excluding hydrogens is 329 g/mol. The Bertz CT molecular complexity index is 205. The molecule has 0 radical (unpaired) electrons. The molecule has 4 heteroatoms. The Morgan fingerprint density at radius 1 is 1.30 bits per heavy atom. The van der Waals surface area contributed by atoms with Gasteiger partial charge >= 0.3 is 0 Å². The second kappa shape index (κ2) is 5.76. The molecule has 1 aromatic carbocycles. The zero-order chi connectivity index (χ0) is 6.69. The minimum atomic E-state index is 0. The van der Waals surface area contributed by atoms with Gasteiger partial charge in [-0.15, -0.1) is 0 Å². The van der Waals surface area contributed by atoms with Crippen LogP contribution in [-0.4, -0.2) is 0 Å². The van der Waals surface area contributed by atoms with Gasteiger partial charge in [0.15, 0.2) is 0 Å². The van der Waals surface area contributed by atoms with Crippen molar-refractivity contribution in [2.45, 2.75) is 4.90 Å². The molecule has 0 unspecified atom stereocenters. The van der Waals surface area contributed by atoms with Crippen molar-refractivity contribution in [1.82, 2.24) is 0 Å². The van der Waals surface area contributed by atoms with Crippen molar-refractivity contribution in [2.75, 3.05) is 0 Å². The fraction of sp³-hybridized carbons (Fsp3) is 0. The van der Waals surface area contributed by atoms with Crippen molar-refractivity contribution in [3.05, 3.63) is 28.7 Å². The molecule has 50 valence electrons. The molecule has 10 heavy (non-hydrogen) atoms. The Hall–Kier alpha value is 1.15. The monoisotopic (exact) mass is 330 g/mol. The average molecular weight is 333 g/mol. The molecule has 1 aromatic rings. The van der Waals surface area contributed by atoms with Gasteiger partial charge in [0.2, 0.25) is 0 Å². The van der Waals surface area contributed by atoms with Gasteiger partial charge in [-0.25, -0.2) is 0 Å². The third kappa shape index (κ3) is 3.52. The molecule has 0 bridgehead atoms. The van der Waals surface area contributed by atoms with E-state index in [0.29, 0.717) is 0 Å². The molecule has 0 nitrogen and oxygen atoms in total. The van der Waals surface area contributed by atoms with Crippen LogP contribution in [0.2, 0.25) is 0 Å². The number of rotatable bonds is 1. The smallest absolute Gasteiger partial charge is 0.0199 e. The first-order valence-electron chi connectivity index (χ1n) is 2.37. The van der Waals surface area contributed by atoms with Gasteiger partial charge in [0.25, 0.3) is 0 Å². The summed E-state index contributed by atoms with van der Waals surface area (Å²) in [6.45, 7) is 0. The van der Waals surface area contributed by atoms with E-state index in [-0.39, 0.29) is 19.5 Å². The van der Waals surface area contributed by atoms with Gasteiger partial charge < -0.3 is 0 Å². The Morgan fingerprint density at radius 2 is 2.00 bits per heavy atom. The first-order chi connectivity index (χ1) is 4.33. The molecule has 1 rings (SSSR count). The molecular formula is C6H4Br2SZn.